The lowest BCUT2D eigenvalue weighted by Crippen LogP contribution is -2.39. The van der Waals surface area contributed by atoms with Gasteiger partial charge >= 0.3 is 0 Å². The van der Waals surface area contributed by atoms with Crippen molar-refractivity contribution < 1.29 is 10.2 Å². The van der Waals surface area contributed by atoms with E-state index in [1.165, 1.54) is 0 Å². The molecular formula is C9H16O2. The van der Waals surface area contributed by atoms with Crippen LogP contribution in [-0.2, 0) is 0 Å². The van der Waals surface area contributed by atoms with Crippen molar-refractivity contribution in [2.45, 2.75) is 44.3 Å². The van der Waals surface area contributed by atoms with Crippen molar-refractivity contribution in [3.05, 3.63) is 0 Å². The highest BCUT2D eigenvalue weighted by Crippen LogP contribution is 2.39. The molecule has 2 nitrogen and oxygen atoms in total. The topological polar surface area (TPSA) is 40.5 Å². The Bertz CT molecular complexity index is 130. The zero-order valence-electron chi connectivity index (χ0n) is 6.74. The molecule has 0 amide bonds. The van der Waals surface area contributed by atoms with Crippen molar-refractivity contribution >= 4 is 0 Å². The van der Waals surface area contributed by atoms with E-state index in [1.54, 1.807) is 0 Å². The van der Waals surface area contributed by atoms with Gasteiger partial charge in [0.25, 0.3) is 0 Å². The monoisotopic (exact) mass is 156 g/mol. The van der Waals surface area contributed by atoms with Crippen LogP contribution < -0.4 is 0 Å². The molecule has 2 heteroatoms. The van der Waals surface area contributed by atoms with Crippen LogP contribution in [0, 0.1) is 11.8 Å². The lowest BCUT2D eigenvalue weighted by Gasteiger charge is -2.40. The van der Waals surface area contributed by atoms with Gasteiger partial charge in [0, 0.05) is 0 Å². The summed E-state index contributed by atoms with van der Waals surface area (Å²) in [5.41, 5.74) is 0. The van der Waals surface area contributed by atoms with E-state index in [0.717, 1.165) is 32.1 Å². The van der Waals surface area contributed by atoms with Gasteiger partial charge in [-0.15, -0.1) is 0 Å². The highest BCUT2D eigenvalue weighted by Gasteiger charge is 2.36. The molecule has 0 aromatic heterocycles. The quantitative estimate of drug-likeness (QED) is 0.547. The number of aliphatic hydroxyl groups excluding tert-OH is 2. The summed E-state index contributed by atoms with van der Waals surface area (Å²) in [6, 6.07) is 0. The van der Waals surface area contributed by atoms with Crippen LogP contribution in [0.1, 0.15) is 32.1 Å². The van der Waals surface area contributed by atoms with Crippen molar-refractivity contribution in [2.24, 2.45) is 11.8 Å². The normalized spacial score (nSPS) is 50.7. The van der Waals surface area contributed by atoms with Crippen molar-refractivity contribution in [3.8, 4) is 0 Å². The summed E-state index contributed by atoms with van der Waals surface area (Å²) in [4.78, 5) is 0. The van der Waals surface area contributed by atoms with Gasteiger partial charge in [-0.3, -0.25) is 0 Å². The van der Waals surface area contributed by atoms with Crippen LogP contribution in [0.2, 0.25) is 0 Å². The molecule has 4 atom stereocenters. The van der Waals surface area contributed by atoms with Crippen LogP contribution in [0.3, 0.4) is 0 Å². The molecule has 0 radical (unpaired) electrons. The first-order chi connectivity index (χ1) is 5.27. The first-order valence-corrected chi connectivity index (χ1v) is 4.63. The van der Waals surface area contributed by atoms with Gasteiger partial charge in [-0.2, -0.15) is 0 Å². The van der Waals surface area contributed by atoms with Crippen molar-refractivity contribution in [1.82, 2.24) is 0 Å². The second kappa shape index (κ2) is 2.76. The summed E-state index contributed by atoms with van der Waals surface area (Å²) in [6.45, 7) is 0. The van der Waals surface area contributed by atoms with Crippen LogP contribution in [0.15, 0.2) is 0 Å². The zero-order valence-corrected chi connectivity index (χ0v) is 6.74. The molecule has 2 unspecified atom stereocenters. The number of fused-ring (bicyclic) bond motifs is 2. The smallest absolute Gasteiger partial charge is 0.0568 e. The molecule has 2 aliphatic rings. The standard InChI is InChI=1S/C9H16O2/c10-8-3-1-6-5-7(8)2-4-9(6)11/h6-11H,1-5H2/t6-,7-,8?,9?/m0/s1. The second-order valence-corrected chi connectivity index (χ2v) is 4.05. The molecule has 2 bridgehead atoms. The predicted molar refractivity (Wildman–Crippen MR) is 42.1 cm³/mol. The molecule has 0 spiro atoms. The first kappa shape index (κ1) is 7.56. The third-order valence-corrected chi connectivity index (χ3v) is 3.36. The summed E-state index contributed by atoms with van der Waals surface area (Å²) in [5.74, 6) is 0.995. The Balaban J connectivity index is 2.02. The Hall–Kier alpha value is -0.0800. The van der Waals surface area contributed by atoms with Crippen molar-refractivity contribution in [3.63, 3.8) is 0 Å². The van der Waals surface area contributed by atoms with E-state index in [2.05, 4.69) is 0 Å². The van der Waals surface area contributed by atoms with Crippen molar-refractivity contribution in [1.29, 1.82) is 0 Å². The van der Waals surface area contributed by atoms with E-state index in [-0.39, 0.29) is 12.2 Å². The van der Waals surface area contributed by atoms with Crippen LogP contribution in [0.5, 0.6) is 0 Å². The maximum Gasteiger partial charge on any atom is 0.0568 e. The van der Waals surface area contributed by atoms with E-state index in [9.17, 15) is 10.2 Å². The Morgan fingerprint density at radius 1 is 0.727 bits per heavy atom. The lowest BCUT2D eigenvalue weighted by molar-refractivity contribution is -0.0381. The molecule has 2 fully saturated rings. The predicted octanol–water partition coefficient (Wildman–Crippen LogP) is 0.918. The van der Waals surface area contributed by atoms with E-state index in [4.69, 9.17) is 0 Å². The van der Waals surface area contributed by atoms with Crippen LogP contribution >= 0.6 is 0 Å². The third-order valence-electron chi connectivity index (χ3n) is 3.36. The van der Waals surface area contributed by atoms with Crippen molar-refractivity contribution in [2.75, 3.05) is 0 Å². The van der Waals surface area contributed by atoms with Crippen LogP contribution in [0.4, 0.5) is 0 Å². The number of rotatable bonds is 0. The third kappa shape index (κ3) is 1.30. The molecule has 11 heavy (non-hydrogen) atoms. The summed E-state index contributed by atoms with van der Waals surface area (Å²) in [6.07, 6.45) is 4.79. The van der Waals surface area contributed by atoms with Gasteiger partial charge in [0.2, 0.25) is 0 Å². The number of aliphatic hydroxyl groups is 2. The molecule has 2 rings (SSSR count). The zero-order chi connectivity index (χ0) is 7.84. The van der Waals surface area contributed by atoms with Gasteiger partial charge < -0.3 is 10.2 Å². The minimum atomic E-state index is -0.0706. The summed E-state index contributed by atoms with van der Waals surface area (Å²) in [5, 5.41) is 19.1. The molecule has 2 N–H and O–H groups in total. The number of hydrogen-bond donors (Lipinski definition) is 2. The molecule has 0 aromatic carbocycles. The average Bonchev–Trinajstić information content (AvgIpc) is 2.02. The molecule has 2 saturated carbocycles. The maximum atomic E-state index is 9.53. The van der Waals surface area contributed by atoms with E-state index < -0.39 is 0 Å². The fourth-order valence-corrected chi connectivity index (χ4v) is 2.56. The second-order valence-electron chi connectivity index (χ2n) is 4.05. The van der Waals surface area contributed by atoms with Crippen LogP contribution in [0.25, 0.3) is 0 Å². The molecule has 64 valence electrons. The molecule has 0 aromatic rings. The highest BCUT2D eigenvalue weighted by molar-refractivity contribution is 4.88. The SMILES string of the molecule is OC1CC[C@H]2C[C@@H]1CCC2O. The van der Waals surface area contributed by atoms with Gasteiger partial charge in [-0.25, -0.2) is 0 Å². The molecular weight excluding hydrogens is 140 g/mol. The number of hydrogen-bond acceptors (Lipinski definition) is 2. The largest absolute Gasteiger partial charge is 0.393 e. The Morgan fingerprint density at radius 2 is 1.18 bits per heavy atom. The summed E-state index contributed by atoms with van der Waals surface area (Å²) >= 11 is 0. The van der Waals surface area contributed by atoms with E-state index in [0.29, 0.717) is 11.8 Å². The average molecular weight is 156 g/mol. The molecule has 2 aliphatic carbocycles. The summed E-state index contributed by atoms with van der Waals surface area (Å²) < 4.78 is 0. The van der Waals surface area contributed by atoms with E-state index in [1.807, 2.05) is 0 Å². The fraction of sp³-hybridized carbons (Fsp3) is 1.00. The highest BCUT2D eigenvalue weighted by atomic mass is 16.3. The van der Waals surface area contributed by atoms with Gasteiger partial charge in [-0.05, 0) is 43.9 Å². The Kier molecular flexibility index (Phi) is 1.90. The fourth-order valence-electron chi connectivity index (χ4n) is 2.56. The Labute approximate surface area is 67.2 Å². The summed E-state index contributed by atoms with van der Waals surface area (Å²) in [7, 11) is 0. The lowest BCUT2D eigenvalue weighted by atomic mass is 9.69. The van der Waals surface area contributed by atoms with Gasteiger partial charge in [0.1, 0.15) is 0 Å². The first-order valence-electron chi connectivity index (χ1n) is 4.63. The maximum absolute atomic E-state index is 9.53. The molecule has 0 aliphatic heterocycles. The molecule has 0 heterocycles. The Morgan fingerprint density at radius 3 is 1.64 bits per heavy atom. The van der Waals surface area contributed by atoms with Crippen LogP contribution in [-0.4, -0.2) is 22.4 Å². The van der Waals surface area contributed by atoms with Gasteiger partial charge in [0.15, 0.2) is 0 Å². The minimum absolute atomic E-state index is 0.0706. The van der Waals surface area contributed by atoms with Gasteiger partial charge in [-0.1, -0.05) is 0 Å². The van der Waals surface area contributed by atoms with Gasteiger partial charge in [0.05, 0.1) is 12.2 Å². The molecule has 0 saturated heterocycles. The minimum Gasteiger partial charge on any atom is -0.393 e. The van der Waals surface area contributed by atoms with E-state index >= 15 is 0 Å².